The van der Waals surface area contributed by atoms with Crippen LogP contribution < -0.4 is 0 Å². The van der Waals surface area contributed by atoms with Gasteiger partial charge in [-0.25, -0.2) is 0 Å². The first-order valence-electron chi connectivity index (χ1n) is 6.24. The molecule has 2 rings (SSSR count). The average molecular weight is 253 g/mol. The summed E-state index contributed by atoms with van der Waals surface area (Å²) in [5.41, 5.74) is 0. The van der Waals surface area contributed by atoms with Crippen molar-refractivity contribution in [2.75, 3.05) is 18.8 Å². The van der Waals surface area contributed by atoms with E-state index in [0.29, 0.717) is 17.6 Å². The molecule has 0 spiro atoms. The SMILES string of the molecule is CCCC(=O)N1CCSC(c2ccco2)CC1. The fraction of sp³-hybridized carbons (Fsp3) is 0.615. The number of thioether (sulfide) groups is 1. The third-order valence-electron chi connectivity index (χ3n) is 3.02. The van der Waals surface area contributed by atoms with E-state index in [1.807, 2.05) is 28.8 Å². The van der Waals surface area contributed by atoms with Gasteiger partial charge in [-0.3, -0.25) is 4.79 Å². The van der Waals surface area contributed by atoms with Crippen molar-refractivity contribution >= 4 is 17.7 Å². The van der Waals surface area contributed by atoms with E-state index in [1.165, 1.54) is 0 Å². The molecule has 3 nitrogen and oxygen atoms in total. The fourth-order valence-electron chi connectivity index (χ4n) is 2.09. The maximum absolute atomic E-state index is 11.8. The van der Waals surface area contributed by atoms with Gasteiger partial charge in [-0.05, 0) is 25.0 Å². The summed E-state index contributed by atoms with van der Waals surface area (Å²) in [5, 5.41) is 0.407. The third kappa shape index (κ3) is 3.28. The van der Waals surface area contributed by atoms with E-state index in [1.54, 1.807) is 6.26 Å². The van der Waals surface area contributed by atoms with Gasteiger partial charge in [0.05, 0.1) is 11.5 Å². The third-order valence-corrected chi connectivity index (χ3v) is 4.31. The molecule has 1 saturated heterocycles. The van der Waals surface area contributed by atoms with Crippen LogP contribution in [0.1, 0.15) is 37.2 Å². The van der Waals surface area contributed by atoms with Crippen molar-refractivity contribution in [3.8, 4) is 0 Å². The van der Waals surface area contributed by atoms with E-state index in [-0.39, 0.29) is 0 Å². The van der Waals surface area contributed by atoms with Gasteiger partial charge in [0.15, 0.2) is 0 Å². The predicted octanol–water partition coefficient (Wildman–Crippen LogP) is 3.09. The number of furan rings is 1. The van der Waals surface area contributed by atoms with Gasteiger partial charge in [-0.1, -0.05) is 6.92 Å². The first kappa shape index (κ1) is 12.6. The lowest BCUT2D eigenvalue weighted by Crippen LogP contribution is -2.32. The molecular formula is C13H19NO2S. The molecule has 2 heterocycles. The fourth-order valence-corrected chi connectivity index (χ4v) is 3.27. The van der Waals surface area contributed by atoms with Crippen LogP contribution in [0.2, 0.25) is 0 Å². The second-order valence-electron chi connectivity index (χ2n) is 4.29. The number of nitrogens with zero attached hydrogens (tertiary/aromatic N) is 1. The molecule has 1 aromatic rings. The van der Waals surface area contributed by atoms with Crippen LogP contribution in [0.4, 0.5) is 0 Å². The molecule has 0 aromatic carbocycles. The van der Waals surface area contributed by atoms with Crippen molar-refractivity contribution in [3.63, 3.8) is 0 Å². The van der Waals surface area contributed by atoms with E-state index >= 15 is 0 Å². The summed E-state index contributed by atoms with van der Waals surface area (Å²) in [5.74, 6) is 2.34. The Morgan fingerprint density at radius 3 is 3.18 bits per heavy atom. The summed E-state index contributed by atoms with van der Waals surface area (Å²) < 4.78 is 5.45. The summed E-state index contributed by atoms with van der Waals surface area (Å²) in [4.78, 5) is 13.8. The topological polar surface area (TPSA) is 33.5 Å². The summed E-state index contributed by atoms with van der Waals surface area (Å²) in [6, 6.07) is 3.96. The Kier molecular flexibility index (Phi) is 4.54. The molecule has 0 N–H and O–H groups in total. The molecule has 1 aliphatic rings. The van der Waals surface area contributed by atoms with Gasteiger partial charge in [0.1, 0.15) is 5.76 Å². The van der Waals surface area contributed by atoms with Crippen LogP contribution in [-0.4, -0.2) is 29.6 Å². The van der Waals surface area contributed by atoms with E-state index in [2.05, 4.69) is 6.92 Å². The second kappa shape index (κ2) is 6.15. The highest BCUT2D eigenvalue weighted by Gasteiger charge is 2.22. The molecule has 0 saturated carbocycles. The molecule has 1 aliphatic heterocycles. The Hall–Kier alpha value is -0.900. The van der Waals surface area contributed by atoms with Gasteiger partial charge >= 0.3 is 0 Å². The molecular weight excluding hydrogens is 234 g/mol. The zero-order valence-corrected chi connectivity index (χ0v) is 11.0. The van der Waals surface area contributed by atoms with Crippen LogP contribution >= 0.6 is 11.8 Å². The largest absolute Gasteiger partial charge is 0.468 e. The molecule has 94 valence electrons. The van der Waals surface area contributed by atoms with Crippen molar-refractivity contribution in [2.24, 2.45) is 0 Å². The highest BCUT2D eigenvalue weighted by atomic mass is 32.2. The van der Waals surface area contributed by atoms with E-state index in [0.717, 1.165) is 37.4 Å². The monoisotopic (exact) mass is 253 g/mol. The van der Waals surface area contributed by atoms with Gasteiger partial charge < -0.3 is 9.32 Å². The molecule has 1 aromatic heterocycles. The van der Waals surface area contributed by atoms with Crippen LogP contribution in [0.15, 0.2) is 22.8 Å². The first-order chi connectivity index (χ1) is 8.31. The zero-order chi connectivity index (χ0) is 12.1. The quantitative estimate of drug-likeness (QED) is 0.830. The number of amides is 1. The van der Waals surface area contributed by atoms with Gasteiger partial charge in [0.25, 0.3) is 0 Å². The molecule has 4 heteroatoms. The summed E-state index contributed by atoms with van der Waals surface area (Å²) in [7, 11) is 0. The Bertz CT molecular complexity index is 350. The minimum Gasteiger partial charge on any atom is -0.468 e. The number of rotatable bonds is 3. The number of hydrogen-bond acceptors (Lipinski definition) is 3. The molecule has 0 bridgehead atoms. The lowest BCUT2D eigenvalue weighted by Gasteiger charge is -2.19. The molecule has 1 unspecified atom stereocenters. The number of carbonyl (C=O) groups excluding carboxylic acids is 1. The van der Waals surface area contributed by atoms with Gasteiger partial charge in [0.2, 0.25) is 5.91 Å². The van der Waals surface area contributed by atoms with Crippen LogP contribution in [-0.2, 0) is 4.79 Å². The van der Waals surface area contributed by atoms with Crippen molar-refractivity contribution < 1.29 is 9.21 Å². The molecule has 0 aliphatic carbocycles. The number of carbonyl (C=O) groups is 1. The lowest BCUT2D eigenvalue weighted by atomic mass is 10.2. The van der Waals surface area contributed by atoms with Crippen LogP contribution in [0.25, 0.3) is 0 Å². The molecule has 1 atom stereocenters. The first-order valence-corrected chi connectivity index (χ1v) is 7.29. The van der Waals surface area contributed by atoms with Gasteiger partial charge in [-0.2, -0.15) is 0 Å². The van der Waals surface area contributed by atoms with Crippen LogP contribution in [0.3, 0.4) is 0 Å². The highest BCUT2D eigenvalue weighted by Crippen LogP contribution is 2.34. The smallest absolute Gasteiger partial charge is 0.222 e. The Morgan fingerprint density at radius 1 is 1.59 bits per heavy atom. The van der Waals surface area contributed by atoms with E-state index in [9.17, 15) is 4.79 Å². The Morgan fingerprint density at radius 2 is 2.47 bits per heavy atom. The van der Waals surface area contributed by atoms with E-state index < -0.39 is 0 Å². The second-order valence-corrected chi connectivity index (χ2v) is 5.60. The van der Waals surface area contributed by atoms with Crippen LogP contribution in [0.5, 0.6) is 0 Å². The Labute approximate surface area is 107 Å². The van der Waals surface area contributed by atoms with Crippen molar-refractivity contribution in [1.82, 2.24) is 4.90 Å². The molecule has 0 radical (unpaired) electrons. The minimum absolute atomic E-state index is 0.299. The normalized spacial score (nSPS) is 21.2. The predicted molar refractivity (Wildman–Crippen MR) is 70.0 cm³/mol. The van der Waals surface area contributed by atoms with Crippen LogP contribution in [0, 0.1) is 0 Å². The maximum Gasteiger partial charge on any atom is 0.222 e. The zero-order valence-electron chi connectivity index (χ0n) is 10.2. The van der Waals surface area contributed by atoms with Crippen molar-refractivity contribution in [3.05, 3.63) is 24.2 Å². The highest BCUT2D eigenvalue weighted by molar-refractivity contribution is 7.99. The lowest BCUT2D eigenvalue weighted by molar-refractivity contribution is -0.131. The summed E-state index contributed by atoms with van der Waals surface area (Å²) in [6.45, 7) is 3.79. The molecule has 17 heavy (non-hydrogen) atoms. The van der Waals surface area contributed by atoms with Gasteiger partial charge in [-0.15, -0.1) is 11.8 Å². The average Bonchev–Trinajstić information content (AvgIpc) is 2.74. The molecule has 1 amide bonds. The molecule has 1 fully saturated rings. The van der Waals surface area contributed by atoms with Gasteiger partial charge in [0, 0.05) is 25.3 Å². The van der Waals surface area contributed by atoms with Crippen molar-refractivity contribution in [2.45, 2.75) is 31.4 Å². The Balaban J connectivity index is 1.91. The minimum atomic E-state index is 0.299. The van der Waals surface area contributed by atoms with Crippen molar-refractivity contribution in [1.29, 1.82) is 0 Å². The summed E-state index contributed by atoms with van der Waals surface area (Å²) >= 11 is 1.89. The number of hydrogen-bond donors (Lipinski definition) is 0. The maximum atomic E-state index is 11.8. The summed E-state index contributed by atoms with van der Waals surface area (Å²) in [6.07, 6.45) is 4.33. The standard InChI is InChI=1S/C13H19NO2S/c1-2-4-13(15)14-7-6-12(17-10-8-14)11-5-3-9-16-11/h3,5,9,12H,2,4,6-8,10H2,1H3. The van der Waals surface area contributed by atoms with E-state index in [4.69, 9.17) is 4.42 Å².